The van der Waals surface area contributed by atoms with E-state index in [1.54, 1.807) is 19.1 Å². The zero-order valence-electron chi connectivity index (χ0n) is 16.8. The van der Waals surface area contributed by atoms with Gasteiger partial charge in [-0.2, -0.15) is 0 Å². The van der Waals surface area contributed by atoms with Crippen LogP contribution in [-0.2, 0) is 14.8 Å². The zero-order valence-corrected chi connectivity index (χ0v) is 17.6. The van der Waals surface area contributed by atoms with Gasteiger partial charge in [-0.15, -0.1) is 0 Å². The molecular weight excluding hydrogens is 362 g/mol. The number of nitrogens with zero attached hydrogens (tertiary/aromatic N) is 1. The third kappa shape index (κ3) is 6.90. The van der Waals surface area contributed by atoms with E-state index in [4.69, 9.17) is 0 Å². The summed E-state index contributed by atoms with van der Waals surface area (Å²) in [5.41, 5.74) is 1.59. The van der Waals surface area contributed by atoms with Gasteiger partial charge in [-0.25, -0.2) is 13.1 Å². The number of sulfonamides is 1. The molecule has 1 atom stereocenters. The molecule has 1 heterocycles. The smallest absolute Gasteiger partial charge is 0.240 e. The molecule has 0 aliphatic carbocycles. The summed E-state index contributed by atoms with van der Waals surface area (Å²) in [5.74, 6) is -0.120. The van der Waals surface area contributed by atoms with E-state index in [0.29, 0.717) is 18.2 Å². The standard InChI is InChI=1S/C20H33N3O3S/c1-16-8-9-17(2)19(15-16)27(25,26)22-12-10-20(24)21-11-6-14-23-13-5-4-7-18(23)3/h8-9,15,18,22H,4-7,10-14H2,1-3H3,(H,21,24). The monoisotopic (exact) mass is 395 g/mol. The van der Waals surface area contributed by atoms with E-state index in [0.717, 1.165) is 25.1 Å². The predicted octanol–water partition coefficient (Wildman–Crippen LogP) is 2.35. The van der Waals surface area contributed by atoms with E-state index < -0.39 is 10.0 Å². The normalized spacial score (nSPS) is 18.4. The minimum Gasteiger partial charge on any atom is -0.356 e. The van der Waals surface area contributed by atoms with Crippen molar-refractivity contribution in [2.24, 2.45) is 0 Å². The zero-order chi connectivity index (χ0) is 19.9. The van der Waals surface area contributed by atoms with Gasteiger partial charge in [0.15, 0.2) is 0 Å². The summed E-state index contributed by atoms with van der Waals surface area (Å²) in [4.78, 5) is 14.7. The van der Waals surface area contributed by atoms with Crippen LogP contribution in [0.5, 0.6) is 0 Å². The third-order valence-corrected chi connectivity index (χ3v) is 6.77. The summed E-state index contributed by atoms with van der Waals surface area (Å²) in [6, 6.07) is 5.96. The summed E-state index contributed by atoms with van der Waals surface area (Å²) >= 11 is 0. The number of hydrogen-bond acceptors (Lipinski definition) is 4. The lowest BCUT2D eigenvalue weighted by molar-refractivity contribution is -0.120. The first-order chi connectivity index (χ1) is 12.8. The molecule has 0 saturated carbocycles. The van der Waals surface area contributed by atoms with Crippen LogP contribution >= 0.6 is 0 Å². The Morgan fingerprint density at radius 1 is 1.22 bits per heavy atom. The lowest BCUT2D eigenvalue weighted by atomic mass is 10.0. The minimum atomic E-state index is -3.59. The van der Waals surface area contributed by atoms with Gasteiger partial charge in [-0.1, -0.05) is 18.6 Å². The maximum atomic E-state index is 12.4. The first-order valence-electron chi connectivity index (χ1n) is 9.87. The van der Waals surface area contributed by atoms with Crippen LogP contribution in [0.3, 0.4) is 0 Å². The number of rotatable bonds is 9. The molecular formula is C20H33N3O3S. The fourth-order valence-corrected chi connectivity index (χ4v) is 4.82. The average molecular weight is 396 g/mol. The summed E-state index contributed by atoms with van der Waals surface area (Å²) in [5, 5.41) is 2.88. The fourth-order valence-electron chi connectivity index (χ4n) is 3.46. The molecule has 0 bridgehead atoms. The Kier molecular flexibility index (Phi) is 8.26. The molecule has 1 saturated heterocycles. The van der Waals surface area contributed by atoms with Crippen LogP contribution < -0.4 is 10.0 Å². The van der Waals surface area contributed by atoms with Gasteiger partial charge in [-0.3, -0.25) is 4.79 Å². The Hall–Kier alpha value is -1.44. The molecule has 1 amide bonds. The molecule has 1 aromatic carbocycles. The Labute approximate surface area is 163 Å². The van der Waals surface area contributed by atoms with Crippen molar-refractivity contribution in [2.75, 3.05) is 26.2 Å². The van der Waals surface area contributed by atoms with Crippen molar-refractivity contribution in [3.05, 3.63) is 29.3 Å². The maximum absolute atomic E-state index is 12.4. The minimum absolute atomic E-state index is 0.102. The van der Waals surface area contributed by atoms with Crippen LogP contribution in [0.4, 0.5) is 0 Å². The van der Waals surface area contributed by atoms with Crippen LogP contribution in [0, 0.1) is 13.8 Å². The van der Waals surface area contributed by atoms with Crippen molar-refractivity contribution in [1.29, 1.82) is 0 Å². The molecule has 0 radical (unpaired) electrons. The number of piperidine rings is 1. The molecule has 1 unspecified atom stereocenters. The molecule has 2 N–H and O–H groups in total. The maximum Gasteiger partial charge on any atom is 0.240 e. The number of carbonyl (C=O) groups excluding carboxylic acids is 1. The van der Waals surface area contributed by atoms with Crippen LogP contribution in [0.2, 0.25) is 0 Å². The molecule has 7 heteroatoms. The molecule has 1 fully saturated rings. The van der Waals surface area contributed by atoms with Crippen molar-refractivity contribution < 1.29 is 13.2 Å². The molecule has 0 spiro atoms. The molecule has 2 rings (SSSR count). The van der Waals surface area contributed by atoms with Crippen molar-refractivity contribution in [1.82, 2.24) is 14.9 Å². The lowest BCUT2D eigenvalue weighted by Crippen LogP contribution is -2.39. The van der Waals surface area contributed by atoms with E-state index in [1.807, 2.05) is 13.0 Å². The Morgan fingerprint density at radius 3 is 2.74 bits per heavy atom. The average Bonchev–Trinajstić information content (AvgIpc) is 2.62. The van der Waals surface area contributed by atoms with E-state index in [1.165, 1.54) is 19.3 Å². The second-order valence-electron chi connectivity index (χ2n) is 7.50. The van der Waals surface area contributed by atoms with E-state index >= 15 is 0 Å². The Balaban J connectivity index is 1.67. The van der Waals surface area contributed by atoms with Gasteiger partial charge in [0.1, 0.15) is 0 Å². The quantitative estimate of drug-likeness (QED) is 0.629. The van der Waals surface area contributed by atoms with Crippen molar-refractivity contribution in [2.45, 2.75) is 63.8 Å². The van der Waals surface area contributed by atoms with Gasteiger partial charge < -0.3 is 10.2 Å². The number of amides is 1. The molecule has 0 aromatic heterocycles. The highest BCUT2D eigenvalue weighted by Gasteiger charge is 2.18. The molecule has 6 nitrogen and oxygen atoms in total. The number of hydrogen-bond donors (Lipinski definition) is 2. The lowest BCUT2D eigenvalue weighted by Gasteiger charge is -2.33. The fraction of sp³-hybridized carbons (Fsp3) is 0.650. The molecule has 1 aromatic rings. The Morgan fingerprint density at radius 2 is 2.00 bits per heavy atom. The highest BCUT2D eigenvalue weighted by Crippen LogP contribution is 2.17. The summed E-state index contributed by atoms with van der Waals surface area (Å²) in [6.07, 6.45) is 4.89. The molecule has 27 heavy (non-hydrogen) atoms. The van der Waals surface area contributed by atoms with Crippen molar-refractivity contribution in [3.8, 4) is 0 Å². The van der Waals surface area contributed by atoms with Gasteiger partial charge in [0.25, 0.3) is 0 Å². The second kappa shape index (κ2) is 10.2. The first kappa shape index (κ1) is 21.9. The van der Waals surface area contributed by atoms with Gasteiger partial charge in [0.2, 0.25) is 15.9 Å². The van der Waals surface area contributed by atoms with Crippen LogP contribution in [0.1, 0.15) is 50.2 Å². The summed E-state index contributed by atoms with van der Waals surface area (Å²) in [7, 11) is -3.59. The van der Waals surface area contributed by atoms with Gasteiger partial charge >= 0.3 is 0 Å². The highest BCUT2D eigenvalue weighted by molar-refractivity contribution is 7.89. The largest absolute Gasteiger partial charge is 0.356 e. The number of nitrogens with one attached hydrogen (secondary N) is 2. The van der Waals surface area contributed by atoms with Crippen LogP contribution in [0.15, 0.2) is 23.1 Å². The van der Waals surface area contributed by atoms with Gasteiger partial charge in [0.05, 0.1) is 4.90 Å². The SMILES string of the molecule is Cc1ccc(C)c(S(=O)(=O)NCCC(=O)NCCCN2CCCCC2C)c1. The van der Waals surface area contributed by atoms with Gasteiger partial charge in [0, 0.05) is 32.1 Å². The molecule has 152 valence electrons. The number of carbonyl (C=O) groups is 1. The number of aryl methyl sites for hydroxylation is 2. The topological polar surface area (TPSA) is 78.5 Å². The summed E-state index contributed by atoms with van der Waals surface area (Å²) < 4.78 is 27.3. The van der Waals surface area contributed by atoms with E-state index in [2.05, 4.69) is 21.9 Å². The van der Waals surface area contributed by atoms with Crippen LogP contribution in [0.25, 0.3) is 0 Å². The highest BCUT2D eigenvalue weighted by atomic mass is 32.2. The van der Waals surface area contributed by atoms with Crippen molar-refractivity contribution >= 4 is 15.9 Å². The van der Waals surface area contributed by atoms with Gasteiger partial charge in [-0.05, 0) is 63.8 Å². The predicted molar refractivity (Wildman–Crippen MR) is 108 cm³/mol. The first-order valence-corrected chi connectivity index (χ1v) is 11.4. The number of likely N-dealkylation sites (tertiary alicyclic amines) is 1. The Bertz CT molecular complexity index is 734. The summed E-state index contributed by atoms with van der Waals surface area (Å²) in [6.45, 7) is 8.77. The van der Waals surface area contributed by atoms with E-state index in [-0.39, 0.29) is 23.8 Å². The van der Waals surface area contributed by atoms with E-state index in [9.17, 15) is 13.2 Å². The number of benzene rings is 1. The molecule has 1 aliphatic rings. The molecule has 1 aliphatic heterocycles. The third-order valence-electron chi connectivity index (χ3n) is 5.16. The van der Waals surface area contributed by atoms with Crippen molar-refractivity contribution in [3.63, 3.8) is 0 Å². The van der Waals surface area contributed by atoms with Crippen LogP contribution in [-0.4, -0.2) is 51.4 Å². The second-order valence-corrected chi connectivity index (χ2v) is 9.24.